The van der Waals surface area contributed by atoms with E-state index >= 15 is 0 Å². The van der Waals surface area contributed by atoms with Crippen LogP contribution in [0.1, 0.15) is 16.7 Å². The van der Waals surface area contributed by atoms with Crippen molar-refractivity contribution in [2.45, 2.75) is 79.3 Å². The molecule has 7 aromatic heterocycles. The highest BCUT2D eigenvalue weighted by Crippen LogP contribution is 2.38. The average molecular weight is 1350 g/mol. The van der Waals surface area contributed by atoms with E-state index in [9.17, 15) is 4.39 Å². The van der Waals surface area contributed by atoms with Crippen LogP contribution < -0.4 is 71.1 Å². The summed E-state index contributed by atoms with van der Waals surface area (Å²) in [5, 5.41) is 21.8. The minimum atomic E-state index is -1.95. The summed E-state index contributed by atoms with van der Waals surface area (Å²) >= 11 is 7.46. The maximum absolute atomic E-state index is 13.4. The summed E-state index contributed by atoms with van der Waals surface area (Å²) in [7, 11) is -8.66. The Balaban J connectivity index is 0.000000116. The number of hydrogen-bond donors (Lipinski definition) is 0. The molecule has 0 amide bonds. The van der Waals surface area contributed by atoms with Crippen molar-refractivity contribution in [3.8, 4) is 91.1 Å². The molecule has 0 N–H and O–H groups in total. The van der Waals surface area contributed by atoms with E-state index in [0.29, 0.717) is 5.56 Å². The molecule has 5 radical (unpaired) electrons. The van der Waals surface area contributed by atoms with Gasteiger partial charge in [0.25, 0.3) is 0 Å². The number of halogens is 1. The predicted octanol–water partition coefficient (Wildman–Crippen LogP) is 4.21. The monoisotopic (exact) mass is 1340 g/mol. The Morgan fingerprint density at radius 1 is 0.378 bits per heavy atom. The molecule has 0 atom stereocenters. The van der Waals surface area contributed by atoms with Gasteiger partial charge in [-0.25, -0.2) is 14.4 Å². The Labute approximate surface area is 572 Å². The Bertz CT molecular complexity index is 4460. The summed E-state index contributed by atoms with van der Waals surface area (Å²) in [4.78, 5) is 35.6. The summed E-state index contributed by atoms with van der Waals surface area (Å²) in [5.74, 6) is 4.17. The maximum atomic E-state index is 13.4. The van der Waals surface area contributed by atoms with Crippen molar-refractivity contribution < 1.29 is 23.3 Å². The molecule has 441 valence electrons. The molecule has 25 heteroatoms. The van der Waals surface area contributed by atoms with Crippen LogP contribution in [0.5, 0.6) is 28.7 Å². The van der Waals surface area contributed by atoms with Crippen molar-refractivity contribution in [2.75, 3.05) is 0 Å². The second kappa shape index (κ2) is 25.4. The number of nitriles is 1. The van der Waals surface area contributed by atoms with Crippen molar-refractivity contribution in [2.24, 2.45) is 0 Å². The van der Waals surface area contributed by atoms with E-state index in [2.05, 4.69) is 174 Å². The van der Waals surface area contributed by atoms with Gasteiger partial charge >= 0.3 is 83.1 Å². The zero-order chi connectivity index (χ0) is 64.4. The third kappa shape index (κ3) is 11.2. The van der Waals surface area contributed by atoms with Crippen molar-refractivity contribution in [1.29, 1.82) is 5.26 Å². The summed E-state index contributed by atoms with van der Waals surface area (Å²) in [5.41, 5.74) is 13.8. The lowest BCUT2D eigenvalue weighted by Crippen LogP contribution is -2.50. The van der Waals surface area contributed by atoms with Crippen molar-refractivity contribution in [3.63, 3.8) is 0 Å². The molecule has 10 aromatic rings. The number of hydrogen-bond acceptors (Lipinski definition) is 14. The first-order chi connectivity index (χ1) is 42.9. The molecule has 5 aliphatic heterocycles. The van der Waals surface area contributed by atoms with Crippen molar-refractivity contribution >= 4 is 176 Å². The highest BCUT2D eigenvalue weighted by atomic mass is 28.3. The molecule has 0 bridgehead atoms. The summed E-state index contributed by atoms with van der Waals surface area (Å²) in [6.07, 6.45) is 13.8. The molecule has 0 saturated carbocycles. The van der Waals surface area contributed by atoms with Crippen LogP contribution in [0.2, 0.25) is 65.5 Å². The fourth-order valence-corrected chi connectivity index (χ4v) is 29.1. The van der Waals surface area contributed by atoms with E-state index in [1.807, 2.05) is 55.0 Å². The molecule has 0 spiro atoms. The van der Waals surface area contributed by atoms with Crippen LogP contribution in [0.15, 0.2) is 141 Å². The van der Waals surface area contributed by atoms with Crippen LogP contribution in [0, 0.1) is 31.0 Å². The topological polar surface area (TPSA) is 173 Å². The van der Waals surface area contributed by atoms with Gasteiger partial charge in [-0.05, 0) is 115 Å². The van der Waals surface area contributed by atoms with E-state index in [-0.39, 0.29) is 5.82 Å². The van der Waals surface area contributed by atoms with Crippen LogP contribution in [0.25, 0.3) is 56.3 Å². The van der Waals surface area contributed by atoms with Gasteiger partial charge in [0.15, 0.2) is 0 Å². The standard InChI is InChI=1S/2C14H15NOSi.C13H11N3OSi.C12H11FN2OSi.C12H12N2OSi.5Al.5H/c1-9-7-10(16)13-12(8-9)17(2,3)11-5-4-6-15-14(11)13;1-9-7-12-14(15-8-9)13-10(16)5-4-6-11(13)17(12,2)3;1-18(2)10-5-8(6-14)7-16-12(10)11-9(17)3-4-15-13(11)18;1-17(2)9-5-7(13)6-15-11(9)10-8(16)3-4-14-12(10)17;1-16(2)9-5-3-4-8(15)11(9)12-10(16)6-13-7-14-12;;;;;;;;;;/h2*4-8,16H,1-3H3;3-5,7H,1-2H3,(H,15,17);3-6H,1-2H3,(H,14,16);3-7,15H,1-2H3;;;;;;;;;;/q;;;;;5*+1;;;;;/p-5. The number of fused-ring (bicyclic) bond motifs is 15. The van der Waals surface area contributed by atoms with Crippen LogP contribution in [-0.4, -0.2) is 163 Å². The van der Waals surface area contributed by atoms with Gasteiger partial charge in [0.2, 0.25) is 0 Å². The van der Waals surface area contributed by atoms with Gasteiger partial charge in [0.05, 0.1) is 80.1 Å². The third-order valence-corrected chi connectivity index (χ3v) is 36.7. The number of benzene rings is 3. The van der Waals surface area contributed by atoms with Gasteiger partial charge in [-0.2, -0.15) is 5.26 Å². The molecule has 5 aliphatic rings. The first-order valence-electron chi connectivity index (χ1n) is 29.2. The highest BCUT2D eigenvalue weighted by Gasteiger charge is 2.45. The first-order valence-corrected chi connectivity index (χ1v) is 47.1. The second-order valence-electron chi connectivity index (χ2n) is 25.3. The largest absolute Gasteiger partial charge is 0.650 e. The molecule has 90 heavy (non-hydrogen) atoms. The fourth-order valence-electron chi connectivity index (χ4n) is 13.3. The van der Waals surface area contributed by atoms with Crippen molar-refractivity contribution in [1.82, 2.24) is 39.9 Å². The van der Waals surface area contributed by atoms with E-state index in [1.165, 1.54) is 153 Å². The summed E-state index contributed by atoms with van der Waals surface area (Å²) in [6.45, 7) is 27.3. The normalized spacial score (nSPS) is 14.9. The third-order valence-electron chi connectivity index (χ3n) is 18.1. The SMILES string of the molecule is C[Si]1(C)c2cc(C#N)cnc2-c2c([O][AlH])ccnc21.C[Si]1(C)c2cc(F)cnc2-c2c([O][AlH])ccnc21.C[Si]1(C)c2cncnc2-c2c([O][AlH])cccc21.Cc1cc([O][AlH])c2c(c1)[Si](C)(C)c1cccnc1-2.Cc1cnc2c(c1)[Si](C)(C)c1cccc([O][AlH])c1-2. The molecule has 3 aromatic carbocycles. The summed E-state index contributed by atoms with van der Waals surface area (Å²) < 4.78 is 40.9. The number of nitrogens with zero attached hydrogens (tertiary/aromatic N) is 9. The van der Waals surface area contributed by atoms with E-state index in [0.717, 1.165) is 84.2 Å². The second-order valence-corrected chi connectivity index (χ2v) is 48.3. The molecule has 0 aliphatic carbocycles. The Morgan fingerprint density at radius 2 is 0.822 bits per heavy atom. The van der Waals surface area contributed by atoms with Gasteiger partial charge in [0.1, 0.15) is 58.6 Å². The van der Waals surface area contributed by atoms with Gasteiger partial charge < -0.3 is 18.9 Å². The summed E-state index contributed by atoms with van der Waals surface area (Å²) in [6, 6.07) is 33.0. The number of aromatic nitrogens is 8. The molecule has 0 saturated heterocycles. The molecule has 0 unspecified atom stereocenters. The lowest BCUT2D eigenvalue weighted by Gasteiger charge is -2.19. The zero-order valence-corrected chi connectivity index (χ0v) is 64.8. The Hall–Kier alpha value is -6.19. The molecular formula is C65H64Al5FN9O5Si5. The van der Waals surface area contributed by atoms with E-state index in [1.54, 1.807) is 31.0 Å². The number of aryl methyl sites for hydroxylation is 2. The highest BCUT2D eigenvalue weighted by molar-refractivity contribution is 7.06. The Kier molecular flexibility index (Phi) is 18.4. The molecule has 12 heterocycles. The lowest BCUT2D eigenvalue weighted by molar-refractivity contribution is 0.616. The van der Waals surface area contributed by atoms with Crippen molar-refractivity contribution in [3.05, 3.63) is 163 Å². The van der Waals surface area contributed by atoms with Crippen LogP contribution in [-0.2, 0) is 0 Å². The van der Waals surface area contributed by atoms with Crippen LogP contribution in [0.4, 0.5) is 4.39 Å². The number of rotatable bonds is 5. The molecule has 0 fully saturated rings. The molecule has 15 rings (SSSR count). The molecular weight excluding hydrogens is 1280 g/mol. The average Bonchev–Trinajstić information content (AvgIpc) is 1.65. The lowest BCUT2D eigenvalue weighted by atomic mass is 10.1. The molecule has 14 nitrogen and oxygen atoms in total. The smallest absolute Gasteiger partial charge is 0.494 e. The maximum Gasteiger partial charge on any atom is 0.494 e. The van der Waals surface area contributed by atoms with E-state index in [4.69, 9.17) is 24.2 Å². The van der Waals surface area contributed by atoms with Gasteiger partial charge in [-0.15, -0.1) is 0 Å². The van der Waals surface area contributed by atoms with Gasteiger partial charge in [-0.1, -0.05) is 108 Å². The number of pyridine rings is 6. The zero-order valence-electron chi connectivity index (χ0n) is 52.8. The first kappa shape index (κ1) is 65.3. The predicted molar refractivity (Wildman–Crippen MR) is 379 cm³/mol. The minimum Gasteiger partial charge on any atom is -0.650 e. The Morgan fingerprint density at radius 3 is 1.39 bits per heavy atom. The van der Waals surface area contributed by atoms with Gasteiger partial charge in [-0.3, -0.25) is 29.9 Å². The fraction of sp³-hybridized carbons (Fsp3) is 0.185. The van der Waals surface area contributed by atoms with Crippen LogP contribution in [0.3, 0.4) is 0 Å². The minimum absolute atomic E-state index is 0.289. The van der Waals surface area contributed by atoms with Gasteiger partial charge in [0, 0.05) is 64.5 Å². The quantitative estimate of drug-likeness (QED) is 0.225. The van der Waals surface area contributed by atoms with E-state index < -0.39 is 40.4 Å². The van der Waals surface area contributed by atoms with Crippen LogP contribution >= 0.6 is 0 Å².